The maximum absolute atomic E-state index is 12.1. The van der Waals surface area contributed by atoms with Gasteiger partial charge in [-0.25, -0.2) is 0 Å². The number of rotatable bonds is 4. The van der Waals surface area contributed by atoms with Crippen LogP contribution in [0.3, 0.4) is 0 Å². The van der Waals surface area contributed by atoms with Crippen LogP contribution in [-0.4, -0.2) is 50.6 Å². The van der Waals surface area contributed by atoms with Crippen molar-refractivity contribution in [2.24, 2.45) is 0 Å². The van der Waals surface area contributed by atoms with Crippen molar-refractivity contribution in [3.63, 3.8) is 0 Å². The van der Waals surface area contributed by atoms with E-state index >= 15 is 0 Å². The van der Waals surface area contributed by atoms with Crippen molar-refractivity contribution in [2.75, 3.05) is 13.2 Å². The normalized spacial score (nSPS) is 33.5. The first-order valence-electron chi connectivity index (χ1n) is 8.58. The van der Waals surface area contributed by atoms with E-state index in [4.69, 9.17) is 25.5 Å². The fourth-order valence-corrected chi connectivity index (χ4v) is 4.53. The molecular formula is C17H30ClNO4Si. The number of hydrogen-bond donors (Lipinski definition) is 1. The van der Waals surface area contributed by atoms with Crippen molar-refractivity contribution in [1.29, 1.82) is 0 Å². The number of alkyl halides is 1. The smallest absolute Gasteiger partial charge is 0.323 e. The zero-order chi connectivity index (χ0) is 18.2. The molecule has 2 rings (SSSR count). The number of fused-ring (bicyclic) bond motifs is 1. The Morgan fingerprint density at radius 2 is 2.12 bits per heavy atom. The summed E-state index contributed by atoms with van der Waals surface area (Å²) in [6, 6.07) is -0.616. The Morgan fingerprint density at radius 3 is 2.71 bits per heavy atom. The predicted octanol–water partition coefficient (Wildman–Crippen LogP) is 3.19. The van der Waals surface area contributed by atoms with Gasteiger partial charge >= 0.3 is 5.97 Å². The van der Waals surface area contributed by atoms with Gasteiger partial charge < -0.3 is 13.9 Å². The zero-order valence-corrected chi connectivity index (χ0v) is 17.3. The summed E-state index contributed by atoms with van der Waals surface area (Å²) in [4.78, 5) is 11.4. The molecule has 0 unspecified atom stereocenters. The number of ether oxygens (including phenoxy) is 2. The highest BCUT2D eigenvalue weighted by Crippen LogP contribution is 2.42. The monoisotopic (exact) mass is 375 g/mol. The summed E-state index contributed by atoms with van der Waals surface area (Å²) < 4.78 is 17.3. The second-order valence-electron chi connectivity index (χ2n) is 8.17. The van der Waals surface area contributed by atoms with Gasteiger partial charge in [0.1, 0.15) is 12.6 Å². The highest BCUT2D eigenvalue weighted by atomic mass is 35.5. The maximum atomic E-state index is 12.1. The van der Waals surface area contributed by atoms with E-state index in [0.29, 0.717) is 19.6 Å². The molecule has 1 fully saturated rings. The second-order valence-corrected chi connectivity index (χ2v) is 13.7. The molecule has 0 amide bonds. The fourth-order valence-electron chi connectivity index (χ4n) is 2.88. The molecule has 138 valence electrons. The fraction of sp³-hybridized carbons (Fsp3) is 0.824. The average molecular weight is 376 g/mol. The molecule has 2 heterocycles. The van der Waals surface area contributed by atoms with Crippen LogP contribution >= 0.6 is 11.6 Å². The summed E-state index contributed by atoms with van der Waals surface area (Å²) in [6.07, 6.45) is 3.82. The maximum Gasteiger partial charge on any atom is 0.323 e. The molecule has 1 saturated heterocycles. The molecular weight excluding hydrogens is 346 g/mol. The summed E-state index contributed by atoms with van der Waals surface area (Å²) in [5.41, 5.74) is 0. The molecule has 0 bridgehead atoms. The van der Waals surface area contributed by atoms with Gasteiger partial charge in [-0.3, -0.25) is 10.1 Å². The Balaban J connectivity index is 2.21. The van der Waals surface area contributed by atoms with Gasteiger partial charge in [0.05, 0.1) is 29.9 Å². The summed E-state index contributed by atoms with van der Waals surface area (Å²) in [6.45, 7) is 13.5. The Hall–Kier alpha value is -0.563. The van der Waals surface area contributed by atoms with Crippen molar-refractivity contribution in [2.45, 2.75) is 75.3 Å². The molecule has 7 heteroatoms. The summed E-state index contributed by atoms with van der Waals surface area (Å²) in [7, 11) is -1.99. The first kappa shape index (κ1) is 19.8. The van der Waals surface area contributed by atoms with E-state index in [0.717, 1.165) is 0 Å². The number of hydrogen-bond acceptors (Lipinski definition) is 5. The lowest BCUT2D eigenvalue weighted by Crippen LogP contribution is -2.54. The lowest BCUT2D eigenvalue weighted by atomic mass is 9.95. The van der Waals surface area contributed by atoms with Crippen LogP contribution in [0, 0.1) is 0 Å². The van der Waals surface area contributed by atoms with E-state index in [9.17, 15) is 4.79 Å². The Labute approximate surface area is 151 Å². The molecule has 1 N–H and O–H groups in total. The minimum atomic E-state index is -1.99. The standard InChI is InChI=1S/C17H30ClNO4Si/c1-7-22-15(20)12-10-17(18)11-21-9-8-13(14(17)19-12)23-24(5,6)16(2,3)4/h8-9,12-14,19H,7,10-11H2,1-6H3/t12-,13+,14-,17-/m1/s1. The van der Waals surface area contributed by atoms with Gasteiger partial charge in [0.25, 0.3) is 0 Å². The van der Waals surface area contributed by atoms with Crippen LogP contribution in [0.2, 0.25) is 18.1 Å². The molecule has 0 radical (unpaired) electrons. The molecule has 24 heavy (non-hydrogen) atoms. The number of carbonyl (C=O) groups excluding carboxylic acids is 1. The van der Waals surface area contributed by atoms with E-state index in [1.807, 2.05) is 6.08 Å². The van der Waals surface area contributed by atoms with Gasteiger partial charge in [-0.1, -0.05) is 20.8 Å². The zero-order valence-electron chi connectivity index (χ0n) is 15.5. The van der Waals surface area contributed by atoms with Gasteiger partial charge in [0, 0.05) is 0 Å². The molecule has 0 aromatic heterocycles. The van der Waals surface area contributed by atoms with E-state index in [-0.39, 0.29) is 23.2 Å². The van der Waals surface area contributed by atoms with Crippen LogP contribution in [0.15, 0.2) is 12.3 Å². The number of halogens is 1. The highest BCUT2D eigenvalue weighted by molar-refractivity contribution is 6.74. The third-order valence-electron chi connectivity index (χ3n) is 5.31. The first-order chi connectivity index (χ1) is 11.0. The van der Waals surface area contributed by atoms with Crippen molar-refractivity contribution < 1.29 is 18.7 Å². The van der Waals surface area contributed by atoms with Gasteiger partial charge in [-0.2, -0.15) is 0 Å². The minimum Gasteiger partial charge on any atom is -0.500 e. The van der Waals surface area contributed by atoms with Crippen molar-refractivity contribution in [1.82, 2.24) is 5.32 Å². The van der Waals surface area contributed by atoms with Crippen LogP contribution in [0.4, 0.5) is 0 Å². The first-order valence-corrected chi connectivity index (χ1v) is 11.9. The Bertz CT molecular complexity index is 505. The molecule has 0 aromatic carbocycles. The van der Waals surface area contributed by atoms with Gasteiger partial charge in [0.15, 0.2) is 8.32 Å². The predicted molar refractivity (Wildman–Crippen MR) is 97.7 cm³/mol. The van der Waals surface area contributed by atoms with Gasteiger partial charge in [0.2, 0.25) is 0 Å². The van der Waals surface area contributed by atoms with E-state index in [2.05, 4.69) is 39.2 Å². The third kappa shape index (κ3) is 3.98. The quantitative estimate of drug-likeness (QED) is 0.464. The summed E-state index contributed by atoms with van der Waals surface area (Å²) in [5.74, 6) is -0.263. The van der Waals surface area contributed by atoms with E-state index < -0.39 is 19.2 Å². The highest BCUT2D eigenvalue weighted by Gasteiger charge is 2.54. The molecule has 0 aliphatic carbocycles. The van der Waals surface area contributed by atoms with Crippen LogP contribution in [0.5, 0.6) is 0 Å². The minimum absolute atomic E-state index is 0.0854. The molecule has 2 aliphatic heterocycles. The number of nitrogens with one attached hydrogen (secondary N) is 1. The van der Waals surface area contributed by atoms with E-state index in [1.54, 1.807) is 13.2 Å². The van der Waals surface area contributed by atoms with E-state index in [1.165, 1.54) is 0 Å². The number of esters is 1. The molecule has 0 aromatic rings. The van der Waals surface area contributed by atoms with Crippen LogP contribution in [0.25, 0.3) is 0 Å². The van der Waals surface area contributed by atoms with Gasteiger partial charge in [-0.15, -0.1) is 11.6 Å². The van der Waals surface area contributed by atoms with Gasteiger partial charge in [-0.05, 0) is 37.6 Å². The molecule has 0 spiro atoms. The third-order valence-corrected chi connectivity index (χ3v) is 10.3. The SMILES string of the molecule is CCOC(=O)[C@H]1C[C@@]2(Cl)COC=C[C@H](O[Si](C)(C)C(C)(C)C)[C@H]2N1. The van der Waals surface area contributed by atoms with Crippen molar-refractivity contribution >= 4 is 25.9 Å². The van der Waals surface area contributed by atoms with Crippen molar-refractivity contribution in [3.05, 3.63) is 12.3 Å². The number of carbonyl (C=O) groups is 1. The Morgan fingerprint density at radius 1 is 1.46 bits per heavy atom. The van der Waals surface area contributed by atoms with Crippen molar-refractivity contribution in [3.8, 4) is 0 Å². The van der Waals surface area contributed by atoms with Crippen LogP contribution < -0.4 is 5.32 Å². The van der Waals surface area contributed by atoms with Crippen LogP contribution in [-0.2, 0) is 18.7 Å². The topological polar surface area (TPSA) is 56.8 Å². The molecule has 2 aliphatic rings. The molecule has 4 atom stereocenters. The average Bonchev–Trinajstić information content (AvgIpc) is 2.72. The molecule has 0 saturated carbocycles. The second kappa shape index (κ2) is 6.98. The lowest BCUT2D eigenvalue weighted by Gasteiger charge is -2.41. The largest absolute Gasteiger partial charge is 0.500 e. The summed E-state index contributed by atoms with van der Waals surface area (Å²) in [5, 5.41) is 3.43. The van der Waals surface area contributed by atoms with Crippen LogP contribution in [0.1, 0.15) is 34.1 Å². The Kier molecular flexibility index (Phi) is 5.75. The molecule has 5 nitrogen and oxygen atoms in total. The lowest BCUT2D eigenvalue weighted by molar-refractivity contribution is -0.145. The summed E-state index contributed by atoms with van der Waals surface area (Å²) >= 11 is 6.85.